The number of carboxylic acid groups (broad SMARTS) is 1. The Hall–Kier alpha value is -2.37. The summed E-state index contributed by atoms with van der Waals surface area (Å²) >= 11 is 0. The summed E-state index contributed by atoms with van der Waals surface area (Å²) in [5, 5.41) is 11.0. The van der Waals surface area contributed by atoms with Gasteiger partial charge in [0.15, 0.2) is 0 Å². The van der Waals surface area contributed by atoms with Gasteiger partial charge in [0, 0.05) is 12.8 Å². The van der Waals surface area contributed by atoms with Crippen molar-refractivity contribution in [1.82, 2.24) is 5.32 Å². The smallest absolute Gasteiger partial charge is 0.322 e. The van der Waals surface area contributed by atoms with Crippen molar-refractivity contribution in [1.29, 1.82) is 0 Å². The van der Waals surface area contributed by atoms with Crippen LogP contribution in [0.2, 0.25) is 0 Å². The monoisotopic (exact) mass is 533 g/mol. The molecule has 218 valence electrons. The highest BCUT2D eigenvalue weighted by Crippen LogP contribution is 2.15. The summed E-state index contributed by atoms with van der Waals surface area (Å²) in [5.41, 5.74) is 0. The molecular formula is C32H55NO5. The van der Waals surface area contributed by atoms with Crippen LogP contribution in [0.15, 0.2) is 36.5 Å². The third kappa shape index (κ3) is 26.7. The normalized spacial score (nSPS) is 12.5. The van der Waals surface area contributed by atoms with Gasteiger partial charge in [0.2, 0.25) is 5.91 Å². The summed E-state index contributed by atoms with van der Waals surface area (Å²) in [6, 6.07) is 0. The van der Waals surface area contributed by atoms with Gasteiger partial charge in [0.1, 0.15) is 12.6 Å². The molecule has 0 aliphatic heterocycles. The van der Waals surface area contributed by atoms with Gasteiger partial charge < -0.3 is 15.2 Å². The summed E-state index contributed by atoms with van der Waals surface area (Å²) in [5.74, 6) is -1.31. The van der Waals surface area contributed by atoms with Crippen molar-refractivity contribution in [2.24, 2.45) is 0 Å². The number of esters is 1. The van der Waals surface area contributed by atoms with Crippen LogP contribution in [0.3, 0.4) is 0 Å². The van der Waals surface area contributed by atoms with Gasteiger partial charge in [-0.2, -0.15) is 0 Å². The summed E-state index contributed by atoms with van der Waals surface area (Å²) in [6.45, 7) is 4.04. The van der Waals surface area contributed by atoms with Gasteiger partial charge >= 0.3 is 11.9 Å². The standard InChI is InChI=1S/C32H55NO5/c1-3-5-7-9-11-13-16-20-24-29(38-32(37)27-23-19-12-10-8-6-4-2)25-21-17-14-15-18-22-26-30(34)33-28-31(35)36/h5,7,11,13,20,24,29H,3-4,6,8-10,12,14-19,21-23,25-28H2,1-2H3,(H,33,34)(H,35,36)/b7-5-,13-11-,24-20-. The first-order valence-electron chi connectivity index (χ1n) is 15.1. The maximum atomic E-state index is 12.4. The molecule has 6 nitrogen and oxygen atoms in total. The molecule has 0 bridgehead atoms. The second-order valence-corrected chi connectivity index (χ2v) is 9.98. The number of nitrogens with one attached hydrogen (secondary N) is 1. The average molecular weight is 534 g/mol. The molecule has 0 fully saturated rings. The van der Waals surface area contributed by atoms with Crippen molar-refractivity contribution in [2.45, 2.75) is 142 Å². The molecule has 2 N–H and O–H groups in total. The molecule has 38 heavy (non-hydrogen) atoms. The molecule has 0 aromatic heterocycles. The third-order valence-electron chi connectivity index (χ3n) is 6.31. The Bertz CT molecular complexity index is 683. The number of carboxylic acids is 1. The van der Waals surface area contributed by atoms with Crippen molar-refractivity contribution in [2.75, 3.05) is 6.54 Å². The molecule has 0 aromatic rings. The second-order valence-electron chi connectivity index (χ2n) is 9.98. The van der Waals surface area contributed by atoms with E-state index in [-0.39, 0.29) is 24.5 Å². The van der Waals surface area contributed by atoms with Crippen molar-refractivity contribution >= 4 is 17.8 Å². The summed E-state index contributed by atoms with van der Waals surface area (Å²) < 4.78 is 5.82. The van der Waals surface area contributed by atoms with E-state index in [1.54, 1.807) is 0 Å². The molecule has 0 aromatic carbocycles. The number of carbonyl (C=O) groups is 3. The average Bonchev–Trinajstić information content (AvgIpc) is 2.89. The van der Waals surface area contributed by atoms with Gasteiger partial charge in [-0.3, -0.25) is 14.4 Å². The molecule has 1 unspecified atom stereocenters. The highest BCUT2D eigenvalue weighted by atomic mass is 16.5. The molecule has 1 atom stereocenters. The Morgan fingerprint density at radius 1 is 0.711 bits per heavy atom. The quantitative estimate of drug-likeness (QED) is 0.0664. The topological polar surface area (TPSA) is 92.7 Å². The Balaban J connectivity index is 4.27. The SMILES string of the molecule is CC/C=C\C/C=C\C/C=C\C(CCCCCCCCC(=O)NCC(=O)O)OC(=O)CCCCCCCCC. The number of hydrogen-bond acceptors (Lipinski definition) is 4. The van der Waals surface area contributed by atoms with Crippen LogP contribution in [0.4, 0.5) is 0 Å². The predicted molar refractivity (Wildman–Crippen MR) is 157 cm³/mol. The summed E-state index contributed by atoms with van der Waals surface area (Å²) in [4.78, 5) is 34.4. The minimum Gasteiger partial charge on any atom is -0.480 e. The molecule has 0 heterocycles. The highest BCUT2D eigenvalue weighted by Gasteiger charge is 2.11. The lowest BCUT2D eigenvalue weighted by atomic mass is 10.1. The van der Waals surface area contributed by atoms with Crippen molar-refractivity contribution in [3.05, 3.63) is 36.5 Å². The van der Waals surface area contributed by atoms with Gasteiger partial charge in [-0.15, -0.1) is 0 Å². The van der Waals surface area contributed by atoms with Gasteiger partial charge in [-0.25, -0.2) is 0 Å². The number of ether oxygens (including phenoxy) is 1. The van der Waals surface area contributed by atoms with Crippen LogP contribution >= 0.6 is 0 Å². The van der Waals surface area contributed by atoms with Crippen LogP contribution in [-0.4, -0.2) is 35.6 Å². The van der Waals surface area contributed by atoms with Crippen molar-refractivity contribution < 1.29 is 24.2 Å². The molecule has 0 spiro atoms. The van der Waals surface area contributed by atoms with Crippen molar-refractivity contribution in [3.8, 4) is 0 Å². The third-order valence-corrected chi connectivity index (χ3v) is 6.31. The van der Waals surface area contributed by atoms with E-state index >= 15 is 0 Å². The highest BCUT2D eigenvalue weighted by molar-refractivity contribution is 5.80. The minimum atomic E-state index is -1.02. The fourth-order valence-corrected chi connectivity index (χ4v) is 4.09. The molecular weight excluding hydrogens is 478 g/mol. The first kappa shape index (κ1) is 35.6. The first-order valence-corrected chi connectivity index (χ1v) is 15.1. The van der Waals surface area contributed by atoms with Gasteiger partial charge in [0.25, 0.3) is 0 Å². The molecule has 1 amide bonds. The molecule has 6 heteroatoms. The van der Waals surface area contributed by atoms with Crippen LogP contribution in [0.25, 0.3) is 0 Å². The lowest BCUT2D eigenvalue weighted by Crippen LogP contribution is -2.28. The Morgan fingerprint density at radius 3 is 1.89 bits per heavy atom. The lowest BCUT2D eigenvalue weighted by Gasteiger charge is -2.14. The van der Waals surface area contributed by atoms with Gasteiger partial charge in [0.05, 0.1) is 0 Å². The number of hydrogen-bond donors (Lipinski definition) is 2. The predicted octanol–water partition coefficient (Wildman–Crippen LogP) is 8.22. The number of amides is 1. The zero-order chi connectivity index (χ0) is 28.1. The van der Waals surface area contributed by atoms with E-state index < -0.39 is 5.97 Å². The second kappa shape index (κ2) is 27.7. The fraction of sp³-hybridized carbons (Fsp3) is 0.719. The molecule has 0 rings (SSSR count). The Labute approximate surface area is 232 Å². The van der Waals surface area contributed by atoms with Crippen LogP contribution in [0.5, 0.6) is 0 Å². The molecule has 0 radical (unpaired) electrons. The summed E-state index contributed by atoms with van der Waals surface area (Å²) in [6.07, 6.45) is 31.4. The van der Waals surface area contributed by atoms with Crippen LogP contribution < -0.4 is 5.32 Å². The molecule has 0 aliphatic carbocycles. The zero-order valence-corrected chi connectivity index (χ0v) is 24.3. The number of aliphatic carboxylic acids is 1. The maximum Gasteiger partial charge on any atom is 0.322 e. The molecule has 0 saturated carbocycles. The van der Waals surface area contributed by atoms with Gasteiger partial charge in [-0.1, -0.05) is 108 Å². The van der Waals surface area contributed by atoms with E-state index in [4.69, 9.17) is 9.84 Å². The molecule has 0 saturated heterocycles. The fourth-order valence-electron chi connectivity index (χ4n) is 4.09. The minimum absolute atomic E-state index is 0.0883. The summed E-state index contributed by atoms with van der Waals surface area (Å²) in [7, 11) is 0. The van der Waals surface area contributed by atoms with Crippen molar-refractivity contribution in [3.63, 3.8) is 0 Å². The largest absolute Gasteiger partial charge is 0.480 e. The van der Waals surface area contributed by atoms with Crippen LogP contribution in [0.1, 0.15) is 136 Å². The Kier molecular flexibility index (Phi) is 25.9. The number of carbonyl (C=O) groups excluding carboxylic acids is 2. The number of rotatable bonds is 26. The Morgan fingerprint density at radius 2 is 1.26 bits per heavy atom. The van der Waals surface area contributed by atoms with E-state index in [1.807, 2.05) is 6.08 Å². The van der Waals surface area contributed by atoms with E-state index in [1.165, 1.54) is 32.1 Å². The van der Waals surface area contributed by atoms with E-state index in [0.29, 0.717) is 12.8 Å². The van der Waals surface area contributed by atoms with Crippen LogP contribution in [-0.2, 0) is 19.1 Å². The van der Waals surface area contributed by atoms with Crippen LogP contribution in [0, 0.1) is 0 Å². The van der Waals surface area contributed by atoms with E-state index in [0.717, 1.165) is 77.0 Å². The number of unbranched alkanes of at least 4 members (excludes halogenated alkanes) is 11. The number of allylic oxidation sites excluding steroid dienone is 5. The van der Waals surface area contributed by atoms with E-state index in [9.17, 15) is 14.4 Å². The first-order chi connectivity index (χ1) is 18.5. The maximum absolute atomic E-state index is 12.4. The van der Waals surface area contributed by atoms with E-state index in [2.05, 4.69) is 49.5 Å². The lowest BCUT2D eigenvalue weighted by molar-refractivity contribution is -0.147. The zero-order valence-electron chi connectivity index (χ0n) is 24.3. The van der Waals surface area contributed by atoms with Gasteiger partial charge in [-0.05, 0) is 51.0 Å². The molecule has 0 aliphatic rings.